The zero-order valence-corrected chi connectivity index (χ0v) is 22.4. The molecule has 1 aromatic carbocycles. The number of fused-ring (bicyclic) bond motifs is 2. The standard InChI is InChI=1S/C23H27FN3O9PS/c1-13(2)33-17(29)14(3)26-37(32,35-15-7-5-4-6-8-15)36-18-22(31)21(10-12-38-21)19(34-23(18,22)24)27-11-9-16(28)25-20(27)30/h4-9,11,13-14,18-19,31H,10,12H2,1-3H3,(H,26,32)(H,25,28,30)/t14-,18?,19+,21-,22-,23+,37?/m0/s1. The number of nitrogens with zero attached hydrogens (tertiary/aromatic N) is 1. The largest absolute Gasteiger partial charge is 0.462 e. The number of ether oxygens (including phenoxy) is 2. The average Bonchev–Trinajstić information content (AvgIpc) is 3.13. The Hall–Kier alpha value is -2.48. The molecule has 2 unspecified atom stereocenters. The summed E-state index contributed by atoms with van der Waals surface area (Å²) in [5.74, 6) is -2.98. The molecule has 2 saturated heterocycles. The van der Waals surface area contributed by atoms with Gasteiger partial charge < -0.3 is 19.1 Å². The van der Waals surface area contributed by atoms with Crippen molar-refractivity contribution in [2.75, 3.05) is 5.75 Å². The second-order valence-electron chi connectivity index (χ2n) is 9.61. The van der Waals surface area contributed by atoms with Crippen molar-refractivity contribution in [3.05, 3.63) is 63.4 Å². The van der Waals surface area contributed by atoms with Crippen LogP contribution in [0.4, 0.5) is 4.39 Å². The van der Waals surface area contributed by atoms with Crippen LogP contribution in [0.3, 0.4) is 0 Å². The normalized spacial score (nSPS) is 33.7. The van der Waals surface area contributed by atoms with Crippen LogP contribution >= 0.6 is 19.5 Å². The minimum atomic E-state index is -4.53. The van der Waals surface area contributed by atoms with E-state index in [1.807, 2.05) is 0 Å². The molecule has 1 spiro atoms. The number of alkyl halides is 1. The molecular formula is C23H27FN3O9PS. The van der Waals surface area contributed by atoms with Crippen molar-refractivity contribution >= 4 is 25.5 Å². The lowest BCUT2D eigenvalue weighted by Gasteiger charge is -2.46. The third kappa shape index (κ3) is 4.14. The summed E-state index contributed by atoms with van der Waals surface area (Å²) in [7, 11) is -4.53. The van der Waals surface area contributed by atoms with E-state index in [1.165, 1.54) is 30.8 Å². The van der Waals surface area contributed by atoms with Crippen LogP contribution in [0, 0.1) is 0 Å². The maximum atomic E-state index is 16.2. The lowest BCUT2D eigenvalue weighted by atomic mass is 9.93. The van der Waals surface area contributed by atoms with Crippen molar-refractivity contribution in [2.24, 2.45) is 0 Å². The van der Waals surface area contributed by atoms with Crippen LogP contribution in [0.2, 0.25) is 0 Å². The van der Waals surface area contributed by atoms with Gasteiger partial charge in [-0.25, -0.2) is 13.8 Å². The number of carbonyl (C=O) groups is 1. The van der Waals surface area contributed by atoms with Gasteiger partial charge in [-0.05, 0) is 45.1 Å². The van der Waals surface area contributed by atoms with Gasteiger partial charge in [-0.2, -0.15) is 5.09 Å². The van der Waals surface area contributed by atoms with E-state index in [0.717, 1.165) is 16.8 Å². The number of rotatable bonds is 9. The molecule has 1 aliphatic carbocycles. The predicted molar refractivity (Wildman–Crippen MR) is 133 cm³/mol. The molecule has 1 saturated carbocycles. The number of esters is 1. The minimum absolute atomic E-state index is 0.102. The topological polar surface area (TPSA) is 158 Å². The quantitative estimate of drug-likeness (QED) is 0.298. The first kappa shape index (κ1) is 27.1. The molecular weight excluding hydrogens is 544 g/mol. The Morgan fingerprint density at radius 2 is 1.97 bits per heavy atom. The van der Waals surface area contributed by atoms with Gasteiger partial charge in [-0.1, -0.05) is 18.2 Å². The molecule has 3 N–H and O–H groups in total. The van der Waals surface area contributed by atoms with Crippen LogP contribution in [-0.4, -0.2) is 60.8 Å². The van der Waals surface area contributed by atoms with E-state index >= 15 is 4.39 Å². The number of para-hydroxylation sites is 1. The first-order valence-corrected chi connectivity index (χ1v) is 14.4. The molecule has 0 radical (unpaired) electrons. The highest BCUT2D eigenvalue weighted by atomic mass is 32.2. The molecule has 3 heterocycles. The summed E-state index contributed by atoms with van der Waals surface area (Å²) < 4.78 is 51.7. The number of nitrogens with one attached hydrogen (secondary N) is 2. The summed E-state index contributed by atoms with van der Waals surface area (Å²) in [5.41, 5.74) is -3.80. The van der Waals surface area contributed by atoms with Crippen molar-refractivity contribution in [3.8, 4) is 5.75 Å². The Labute approximate surface area is 220 Å². The zero-order chi connectivity index (χ0) is 27.5. The molecule has 3 fully saturated rings. The van der Waals surface area contributed by atoms with Crippen molar-refractivity contribution < 1.29 is 37.4 Å². The van der Waals surface area contributed by atoms with Crippen molar-refractivity contribution in [1.82, 2.24) is 14.6 Å². The second-order valence-corrected chi connectivity index (χ2v) is 12.7. The fourth-order valence-corrected chi connectivity index (χ4v) is 7.91. The number of benzene rings is 1. The van der Waals surface area contributed by atoms with Crippen LogP contribution < -0.4 is 20.9 Å². The van der Waals surface area contributed by atoms with E-state index < -0.39 is 65.6 Å². The van der Waals surface area contributed by atoms with E-state index in [0.29, 0.717) is 5.75 Å². The van der Waals surface area contributed by atoms with Gasteiger partial charge in [0.05, 0.1) is 10.9 Å². The maximum absolute atomic E-state index is 16.2. The van der Waals surface area contributed by atoms with Gasteiger partial charge in [0.1, 0.15) is 11.8 Å². The number of hydrogen-bond acceptors (Lipinski definition) is 10. The average molecular weight is 572 g/mol. The van der Waals surface area contributed by atoms with Crippen LogP contribution in [-0.2, 0) is 23.4 Å². The van der Waals surface area contributed by atoms with Crippen molar-refractivity contribution in [1.29, 1.82) is 0 Å². The minimum Gasteiger partial charge on any atom is -0.462 e. The third-order valence-electron chi connectivity index (χ3n) is 6.69. The summed E-state index contributed by atoms with van der Waals surface area (Å²) in [4.78, 5) is 38.4. The molecule has 0 amide bonds. The Kier molecular flexibility index (Phi) is 6.64. The Morgan fingerprint density at radius 1 is 1.29 bits per heavy atom. The highest BCUT2D eigenvalue weighted by molar-refractivity contribution is 8.02. The van der Waals surface area contributed by atoms with Gasteiger partial charge in [0, 0.05) is 12.3 Å². The summed E-state index contributed by atoms with van der Waals surface area (Å²) in [6.45, 7) is 4.67. The fourth-order valence-electron chi connectivity index (χ4n) is 4.79. The van der Waals surface area contributed by atoms with E-state index in [1.54, 1.807) is 32.0 Å². The van der Waals surface area contributed by atoms with Gasteiger partial charge >= 0.3 is 19.4 Å². The number of halogens is 1. The monoisotopic (exact) mass is 571 g/mol. The van der Waals surface area contributed by atoms with E-state index in [9.17, 15) is 24.1 Å². The molecule has 38 heavy (non-hydrogen) atoms. The highest BCUT2D eigenvalue weighted by Crippen LogP contribution is 2.78. The van der Waals surface area contributed by atoms with E-state index in [2.05, 4.69) is 10.1 Å². The van der Waals surface area contributed by atoms with Gasteiger partial charge in [0.15, 0.2) is 17.9 Å². The number of hydrogen-bond donors (Lipinski definition) is 3. The number of aliphatic hydroxyl groups is 1. The van der Waals surface area contributed by atoms with E-state index in [-0.39, 0.29) is 12.2 Å². The molecule has 7 atom stereocenters. The van der Waals surface area contributed by atoms with Crippen LogP contribution in [0.1, 0.15) is 33.4 Å². The molecule has 12 nitrogen and oxygen atoms in total. The molecule has 1 aromatic heterocycles. The Morgan fingerprint density at radius 3 is 2.55 bits per heavy atom. The smallest absolute Gasteiger partial charge is 0.460 e. The first-order chi connectivity index (χ1) is 17.9. The number of carbonyl (C=O) groups excluding carboxylic acids is 1. The third-order valence-corrected chi connectivity index (χ3v) is 9.97. The van der Waals surface area contributed by atoms with Crippen molar-refractivity contribution in [3.63, 3.8) is 0 Å². The van der Waals surface area contributed by atoms with E-state index in [4.69, 9.17) is 18.5 Å². The Bertz CT molecular complexity index is 1400. The Balaban J connectivity index is 1.44. The molecule has 15 heteroatoms. The van der Waals surface area contributed by atoms with Gasteiger partial charge in [0.2, 0.25) is 0 Å². The van der Waals surface area contributed by atoms with Gasteiger partial charge in [-0.15, -0.1) is 11.8 Å². The summed E-state index contributed by atoms with van der Waals surface area (Å²) in [5, 5.41) is 14.1. The summed E-state index contributed by atoms with van der Waals surface area (Å²) in [6.07, 6.45) is -2.11. The summed E-state index contributed by atoms with van der Waals surface area (Å²) in [6, 6.07) is 7.80. The predicted octanol–water partition coefficient (Wildman–Crippen LogP) is 1.85. The number of aromatic amines is 1. The molecule has 2 aromatic rings. The lowest BCUT2D eigenvalue weighted by molar-refractivity contribution is -0.149. The molecule has 3 aliphatic rings. The lowest BCUT2D eigenvalue weighted by Crippen LogP contribution is -2.56. The van der Waals surface area contributed by atoms with Crippen molar-refractivity contribution in [2.45, 2.75) is 67.9 Å². The molecule has 5 rings (SSSR count). The van der Waals surface area contributed by atoms with Gasteiger partial charge in [-0.3, -0.25) is 23.7 Å². The zero-order valence-electron chi connectivity index (χ0n) is 20.7. The summed E-state index contributed by atoms with van der Waals surface area (Å²) >= 11 is 1.17. The van der Waals surface area contributed by atoms with Crippen LogP contribution in [0.25, 0.3) is 0 Å². The number of aromatic nitrogens is 2. The molecule has 0 bridgehead atoms. The SMILES string of the molecule is CC(C)OC(=O)[C@H](C)NP(=O)(Oc1ccccc1)OC1[C@]2(O)[C@]3(CCS3)[C@H](n3ccc(=O)[nH]c3=O)O[C@]12F. The maximum Gasteiger partial charge on any atom is 0.460 e. The second kappa shape index (κ2) is 9.32. The van der Waals surface area contributed by atoms with Crippen LogP contribution in [0.15, 0.2) is 52.2 Å². The fraction of sp³-hybridized carbons (Fsp3) is 0.522. The number of H-pyrrole nitrogens is 1. The van der Waals surface area contributed by atoms with Crippen LogP contribution in [0.5, 0.6) is 5.75 Å². The highest BCUT2D eigenvalue weighted by Gasteiger charge is 2.97. The molecule has 2 aliphatic heterocycles. The molecule has 206 valence electrons. The van der Waals surface area contributed by atoms with Gasteiger partial charge in [0.25, 0.3) is 11.4 Å². The number of thioether (sulfide) groups is 1. The first-order valence-electron chi connectivity index (χ1n) is 11.9.